The van der Waals surface area contributed by atoms with Crippen LogP contribution >= 0.6 is 0 Å². The fraction of sp³-hybridized carbons (Fsp3) is 0.644. The lowest BCUT2D eigenvalue weighted by Crippen LogP contribution is -2.60. The van der Waals surface area contributed by atoms with Crippen molar-refractivity contribution in [3.63, 3.8) is 0 Å². The number of hydrogen-bond acceptors (Lipinski definition) is 13. The first-order chi connectivity index (χ1) is 29.6. The molecule has 0 radical (unpaired) electrons. The molecule has 18 nitrogen and oxygen atoms in total. The maximum absolute atomic E-state index is 14.3. The highest BCUT2D eigenvalue weighted by Crippen LogP contribution is 2.31. The number of allylic oxidation sites excluding steroid dienone is 3. The second kappa shape index (κ2) is 24.7. The van der Waals surface area contributed by atoms with E-state index in [0.717, 1.165) is 11.1 Å². The van der Waals surface area contributed by atoms with E-state index in [-0.39, 0.29) is 32.4 Å². The second-order valence-electron chi connectivity index (χ2n) is 17.5. The van der Waals surface area contributed by atoms with E-state index in [1.165, 1.54) is 18.9 Å². The van der Waals surface area contributed by atoms with Gasteiger partial charge < -0.3 is 61.2 Å². The number of ether oxygens (including phenoxy) is 3. The van der Waals surface area contributed by atoms with Crippen LogP contribution in [0.1, 0.15) is 86.1 Å². The van der Waals surface area contributed by atoms with E-state index in [2.05, 4.69) is 31.9 Å². The maximum Gasteiger partial charge on any atom is 0.407 e. The van der Waals surface area contributed by atoms with Crippen LogP contribution in [0.2, 0.25) is 0 Å². The minimum absolute atomic E-state index is 0.0168. The average Bonchev–Trinajstić information content (AvgIpc) is 3.23. The number of esters is 1. The summed E-state index contributed by atoms with van der Waals surface area (Å²) >= 11 is 0. The Labute approximate surface area is 371 Å². The topological polar surface area (TPSA) is 246 Å². The SMILES string of the molecule is CN[C@@H]1C(=O)N(C)[C@@H](Cc2ccccc2)C(=O)N[C@H]([C@@H](C)O)C(=O)N[C@H](C)COC(=O)CNC(=O)CCC(C)[C@](O)(CNCCCNC(=O)OC(C)(C)C)[C@@H](C)OC2=CC=C1CC2. The number of aliphatic hydroxyl groups excluding tert-OH is 1. The van der Waals surface area contributed by atoms with Crippen molar-refractivity contribution >= 4 is 35.7 Å². The molecule has 2 bridgehead atoms. The van der Waals surface area contributed by atoms with E-state index in [0.29, 0.717) is 38.1 Å². The molecule has 1 saturated heterocycles. The van der Waals surface area contributed by atoms with Gasteiger partial charge >= 0.3 is 12.1 Å². The Morgan fingerprint density at radius 2 is 1.70 bits per heavy atom. The van der Waals surface area contributed by atoms with Gasteiger partial charge in [-0.2, -0.15) is 0 Å². The molecule has 2 aliphatic heterocycles. The molecule has 8 atom stereocenters. The Morgan fingerprint density at radius 1 is 1.00 bits per heavy atom. The Bertz CT molecular complexity index is 1770. The van der Waals surface area contributed by atoms with Gasteiger partial charge in [-0.25, -0.2) is 4.79 Å². The highest BCUT2D eigenvalue weighted by atomic mass is 16.6. The molecule has 3 aliphatic rings. The van der Waals surface area contributed by atoms with Gasteiger partial charge in [-0.1, -0.05) is 43.3 Å². The number of alkyl carbamates (subject to hydrolysis) is 1. The fourth-order valence-corrected chi connectivity index (χ4v) is 7.25. The summed E-state index contributed by atoms with van der Waals surface area (Å²) in [4.78, 5) is 80.7. The van der Waals surface area contributed by atoms with Gasteiger partial charge in [-0.3, -0.25) is 24.0 Å². The minimum atomic E-state index is -1.48. The number of nitrogens with one attached hydrogen (secondary N) is 6. The standard InChI is InChI=1S/C45H71N7O11/c1-28-16-21-36(54)49-25-37(55)61-26-29(2)50-41(57)38(30(3)53)51-40(56)35(24-32-14-11-10-12-15-32)52(9)42(58)39(46-8)33-17-19-34(20-18-33)62-31(4)45(28,60)27-47-22-13-23-48-43(59)63-44(5,6)7/h10-12,14-15,17,19,28-31,35,38-39,46-47,53,60H,13,16,18,20-27H2,1-9H3,(H,48,59)(H,49,54)(H,50,57)(H,51,56)/t28?,29-,30-,31-,35+,38-,39+,45-/m1/s1. The molecular formula is C45H71N7O11. The molecule has 4 rings (SSSR count). The first-order valence-corrected chi connectivity index (χ1v) is 21.8. The molecule has 1 unspecified atom stereocenters. The first kappa shape index (κ1) is 52.3. The molecule has 1 aliphatic carbocycles. The second-order valence-corrected chi connectivity index (χ2v) is 17.5. The third-order valence-corrected chi connectivity index (χ3v) is 11.1. The van der Waals surface area contributed by atoms with Crippen LogP contribution in [-0.4, -0.2) is 145 Å². The lowest BCUT2D eigenvalue weighted by Gasteiger charge is -2.40. The average molecular weight is 886 g/mol. The molecule has 63 heavy (non-hydrogen) atoms. The molecule has 18 heteroatoms. The summed E-state index contributed by atoms with van der Waals surface area (Å²) in [6.07, 6.45) is 2.61. The number of aliphatic hydroxyl groups is 2. The zero-order valence-electron chi connectivity index (χ0n) is 38.4. The number of nitrogens with zero attached hydrogens (tertiary/aromatic N) is 1. The van der Waals surface area contributed by atoms with Crippen LogP contribution < -0.4 is 31.9 Å². The van der Waals surface area contributed by atoms with Crippen molar-refractivity contribution in [2.45, 2.75) is 135 Å². The highest BCUT2D eigenvalue weighted by molar-refractivity contribution is 5.94. The van der Waals surface area contributed by atoms with Gasteiger partial charge in [0.05, 0.1) is 17.9 Å². The van der Waals surface area contributed by atoms with Crippen LogP contribution in [0.3, 0.4) is 0 Å². The number of carbonyl (C=O) groups is 6. The molecule has 0 spiro atoms. The quantitative estimate of drug-likeness (QED) is 0.0941. The summed E-state index contributed by atoms with van der Waals surface area (Å²) < 4.78 is 17.0. The number of carbonyl (C=O) groups excluding carboxylic acids is 6. The van der Waals surface area contributed by atoms with E-state index in [9.17, 15) is 39.0 Å². The predicted octanol–water partition coefficient (Wildman–Crippen LogP) is 1.35. The van der Waals surface area contributed by atoms with Crippen molar-refractivity contribution in [3.05, 3.63) is 59.4 Å². The van der Waals surface area contributed by atoms with Gasteiger partial charge in [0.1, 0.15) is 48.6 Å². The Hall–Kier alpha value is -5.04. The maximum atomic E-state index is 14.3. The van der Waals surface area contributed by atoms with Gasteiger partial charge in [0, 0.05) is 39.4 Å². The van der Waals surface area contributed by atoms with Crippen molar-refractivity contribution in [2.24, 2.45) is 5.92 Å². The number of hydrogen-bond donors (Lipinski definition) is 8. The number of amides is 5. The highest BCUT2D eigenvalue weighted by Gasteiger charge is 2.42. The molecule has 5 amide bonds. The number of likely N-dealkylation sites (N-methyl/N-ethyl adjacent to an activating group) is 2. The van der Waals surface area contributed by atoms with E-state index < -0.39 is 95.7 Å². The minimum Gasteiger partial charge on any atom is -0.492 e. The summed E-state index contributed by atoms with van der Waals surface area (Å²) in [5.41, 5.74) is -0.609. The molecule has 352 valence electrons. The third kappa shape index (κ3) is 16.9. The zero-order valence-corrected chi connectivity index (χ0v) is 38.4. The smallest absolute Gasteiger partial charge is 0.407 e. The number of benzene rings is 1. The van der Waals surface area contributed by atoms with Crippen LogP contribution in [0.4, 0.5) is 4.79 Å². The van der Waals surface area contributed by atoms with Gasteiger partial charge in [0.2, 0.25) is 23.6 Å². The lowest BCUT2D eigenvalue weighted by atomic mass is 9.81. The monoisotopic (exact) mass is 886 g/mol. The molecule has 1 fully saturated rings. The predicted molar refractivity (Wildman–Crippen MR) is 236 cm³/mol. The number of fused-ring (bicyclic) bond motifs is 23. The van der Waals surface area contributed by atoms with Crippen molar-refractivity contribution in [1.29, 1.82) is 0 Å². The summed E-state index contributed by atoms with van der Waals surface area (Å²) in [7, 11) is 3.17. The van der Waals surface area contributed by atoms with Crippen LogP contribution in [0, 0.1) is 5.92 Å². The molecule has 0 saturated carbocycles. The van der Waals surface area contributed by atoms with Crippen molar-refractivity contribution < 1.29 is 53.2 Å². The summed E-state index contributed by atoms with van der Waals surface area (Å²) in [5.74, 6) is -2.90. The van der Waals surface area contributed by atoms with Gasteiger partial charge in [0.25, 0.3) is 0 Å². The van der Waals surface area contributed by atoms with Crippen LogP contribution in [0.25, 0.3) is 0 Å². The molecule has 1 aromatic carbocycles. The van der Waals surface area contributed by atoms with E-state index in [4.69, 9.17) is 14.2 Å². The fourth-order valence-electron chi connectivity index (χ4n) is 7.25. The Morgan fingerprint density at radius 3 is 2.32 bits per heavy atom. The van der Waals surface area contributed by atoms with Gasteiger partial charge in [-0.05, 0) is 97.5 Å². The molecule has 0 aromatic heterocycles. The Kier molecular flexibility index (Phi) is 20.5. The lowest BCUT2D eigenvalue weighted by molar-refractivity contribution is -0.145. The summed E-state index contributed by atoms with van der Waals surface area (Å²) in [6.45, 7) is 12.0. The first-order valence-electron chi connectivity index (χ1n) is 21.8. The van der Waals surface area contributed by atoms with Gasteiger partial charge in [-0.15, -0.1) is 0 Å². The zero-order chi connectivity index (χ0) is 46.9. The number of rotatable bonds is 10. The van der Waals surface area contributed by atoms with Crippen LogP contribution in [-0.2, 0) is 44.6 Å². The molecule has 2 heterocycles. The molecular weight excluding hydrogens is 815 g/mol. The van der Waals surface area contributed by atoms with Crippen molar-refractivity contribution in [3.8, 4) is 0 Å². The summed E-state index contributed by atoms with van der Waals surface area (Å²) in [6, 6.07) is 5.04. The van der Waals surface area contributed by atoms with Crippen molar-refractivity contribution in [2.75, 3.05) is 46.9 Å². The van der Waals surface area contributed by atoms with E-state index >= 15 is 0 Å². The normalized spacial score (nSPS) is 27.1. The van der Waals surface area contributed by atoms with Crippen LogP contribution in [0.15, 0.2) is 53.8 Å². The molecule has 1 aromatic rings. The van der Waals surface area contributed by atoms with Crippen LogP contribution in [0.5, 0.6) is 0 Å². The van der Waals surface area contributed by atoms with Crippen molar-refractivity contribution in [1.82, 2.24) is 36.8 Å². The summed E-state index contributed by atoms with van der Waals surface area (Å²) in [5, 5.41) is 39.8. The van der Waals surface area contributed by atoms with Gasteiger partial charge in [0.15, 0.2) is 0 Å². The Balaban J connectivity index is 1.91. The third-order valence-electron chi connectivity index (χ3n) is 11.1. The van der Waals surface area contributed by atoms with E-state index in [1.54, 1.807) is 53.8 Å². The largest absolute Gasteiger partial charge is 0.492 e. The van der Waals surface area contributed by atoms with E-state index in [1.807, 2.05) is 37.3 Å². The molecule has 8 N–H and O–H groups in total.